The number of phenolic OH excluding ortho intramolecular Hbond substituents is 1. The lowest BCUT2D eigenvalue weighted by Crippen LogP contribution is -2.22. The highest BCUT2D eigenvalue weighted by Gasteiger charge is 2.20. The molecule has 0 amide bonds. The maximum atomic E-state index is 9.28. The SMILES string of the molecule is CC(C)(C#N)C(N)=CC(N)=Nc1cccc(O)c1. The van der Waals surface area contributed by atoms with E-state index in [1.165, 1.54) is 18.2 Å². The van der Waals surface area contributed by atoms with Crippen molar-refractivity contribution in [2.75, 3.05) is 0 Å². The number of aromatic hydroxyl groups is 1. The molecule has 0 radical (unpaired) electrons. The number of amidine groups is 1. The number of allylic oxidation sites excluding steroid dienone is 1. The highest BCUT2D eigenvalue weighted by Crippen LogP contribution is 2.21. The van der Waals surface area contributed by atoms with Gasteiger partial charge in [-0.2, -0.15) is 5.26 Å². The molecule has 5 heteroatoms. The predicted molar refractivity (Wildman–Crippen MR) is 71.1 cm³/mol. The first kappa shape index (κ1) is 13.6. The summed E-state index contributed by atoms with van der Waals surface area (Å²) in [7, 11) is 0. The number of aliphatic imine (C=N–C) groups is 1. The van der Waals surface area contributed by atoms with Gasteiger partial charge in [0.25, 0.3) is 0 Å². The van der Waals surface area contributed by atoms with Crippen molar-refractivity contribution in [3.05, 3.63) is 36.0 Å². The molecule has 0 spiro atoms. The van der Waals surface area contributed by atoms with E-state index in [1.54, 1.807) is 26.0 Å². The monoisotopic (exact) mass is 244 g/mol. The molecule has 18 heavy (non-hydrogen) atoms. The van der Waals surface area contributed by atoms with E-state index in [9.17, 15) is 5.11 Å². The highest BCUT2D eigenvalue weighted by molar-refractivity contribution is 5.94. The van der Waals surface area contributed by atoms with Crippen LogP contribution in [0.3, 0.4) is 0 Å². The van der Waals surface area contributed by atoms with Gasteiger partial charge in [0.05, 0.1) is 17.2 Å². The first-order valence-electron chi connectivity index (χ1n) is 5.37. The summed E-state index contributed by atoms with van der Waals surface area (Å²) in [5, 5.41) is 18.2. The van der Waals surface area contributed by atoms with E-state index in [2.05, 4.69) is 11.1 Å². The predicted octanol–water partition coefficient (Wildman–Crippen LogP) is 1.77. The second-order valence-corrected chi connectivity index (χ2v) is 4.39. The van der Waals surface area contributed by atoms with Crippen LogP contribution in [0.4, 0.5) is 5.69 Å². The lowest BCUT2D eigenvalue weighted by Gasteiger charge is -2.15. The Kier molecular flexibility index (Phi) is 3.95. The van der Waals surface area contributed by atoms with Gasteiger partial charge in [-0.05, 0) is 26.0 Å². The smallest absolute Gasteiger partial charge is 0.125 e. The van der Waals surface area contributed by atoms with Crippen LogP contribution < -0.4 is 11.5 Å². The van der Waals surface area contributed by atoms with Gasteiger partial charge < -0.3 is 16.6 Å². The molecule has 0 unspecified atom stereocenters. The third kappa shape index (κ3) is 3.52. The van der Waals surface area contributed by atoms with E-state index >= 15 is 0 Å². The molecule has 0 atom stereocenters. The molecule has 0 fully saturated rings. The van der Waals surface area contributed by atoms with Crippen molar-refractivity contribution in [3.63, 3.8) is 0 Å². The van der Waals surface area contributed by atoms with E-state index in [1.807, 2.05) is 0 Å². The normalized spacial score (nSPS) is 13.2. The number of benzene rings is 1. The van der Waals surface area contributed by atoms with E-state index in [-0.39, 0.29) is 11.6 Å². The number of nitriles is 1. The van der Waals surface area contributed by atoms with Gasteiger partial charge in [0.15, 0.2) is 0 Å². The molecule has 0 aliphatic rings. The van der Waals surface area contributed by atoms with Crippen molar-refractivity contribution in [3.8, 4) is 11.8 Å². The summed E-state index contributed by atoms with van der Waals surface area (Å²) < 4.78 is 0. The van der Waals surface area contributed by atoms with E-state index in [4.69, 9.17) is 16.7 Å². The summed E-state index contributed by atoms with van der Waals surface area (Å²) in [6, 6.07) is 8.45. The topological polar surface area (TPSA) is 108 Å². The number of hydrogen-bond donors (Lipinski definition) is 3. The van der Waals surface area contributed by atoms with Crippen LogP contribution in [0.25, 0.3) is 0 Å². The van der Waals surface area contributed by atoms with Crippen LogP contribution in [0.1, 0.15) is 13.8 Å². The van der Waals surface area contributed by atoms with Crippen LogP contribution in [0.5, 0.6) is 5.75 Å². The lowest BCUT2D eigenvalue weighted by molar-refractivity contribution is 0.475. The summed E-state index contributed by atoms with van der Waals surface area (Å²) in [5.41, 5.74) is 11.6. The Bertz CT molecular complexity index is 538. The van der Waals surface area contributed by atoms with Crippen molar-refractivity contribution < 1.29 is 5.11 Å². The molecule has 1 aromatic rings. The van der Waals surface area contributed by atoms with Gasteiger partial charge in [-0.3, -0.25) is 0 Å². The largest absolute Gasteiger partial charge is 0.508 e. The second-order valence-electron chi connectivity index (χ2n) is 4.39. The quantitative estimate of drug-likeness (QED) is 0.556. The zero-order valence-electron chi connectivity index (χ0n) is 10.4. The molecule has 5 N–H and O–H groups in total. The van der Waals surface area contributed by atoms with E-state index in [0.29, 0.717) is 11.4 Å². The lowest BCUT2D eigenvalue weighted by atomic mass is 9.91. The van der Waals surface area contributed by atoms with Gasteiger partial charge in [-0.1, -0.05) is 6.07 Å². The molecule has 5 nitrogen and oxygen atoms in total. The Hall–Kier alpha value is -2.48. The number of phenols is 1. The molecule has 0 aromatic heterocycles. The van der Waals surface area contributed by atoms with E-state index in [0.717, 1.165) is 0 Å². The van der Waals surface area contributed by atoms with Crippen LogP contribution in [0, 0.1) is 16.7 Å². The minimum atomic E-state index is -0.793. The average Bonchev–Trinajstić information content (AvgIpc) is 2.28. The Morgan fingerprint density at radius 1 is 1.44 bits per heavy atom. The molecule has 0 heterocycles. The maximum absolute atomic E-state index is 9.28. The van der Waals surface area contributed by atoms with Crippen molar-refractivity contribution in [1.82, 2.24) is 0 Å². The number of nitrogens with zero attached hydrogens (tertiary/aromatic N) is 2. The van der Waals surface area contributed by atoms with Gasteiger partial charge in [0.1, 0.15) is 11.6 Å². The van der Waals surface area contributed by atoms with Crippen molar-refractivity contribution in [1.29, 1.82) is 5.26 Å². The Morgan fingerprint density at radius 2 is 2.11 bits per heavy atom. The first-order valence-corrected chi connectivity index (χ1v) is 5.37. The number of hydrogen-bond acceptors (Lipinski definition) is 4. The van der Waals surface area contributed by atoms with Crippen molar-refractivity contribution in [2.24, 2.45) is 21.9 Å². The molecular weight excluding hydrogens is 228 g/mol. The van der Waals surface area contributed by atoms with Crippen molar-refractivity contribution in [2.45, 2.75) is 13.8 Å². The number of nitrogens with two attached hydrogens (primary N) is 2. The van der Waals surface area contributed by atoms with E-state index < -0.39 is 5.41 Å². The summed E-state index contributed by atoms with van der Waals surface area (Å²) in [5.74, 6) is 0.291. The van der Waals surface area contributed by atoms with Gasteiger partial charge >= 0.3 is 0 Å². The molecule has 0 aliphatic carbocycles. The van der Waals surface area contributed by atoms with Gasteiger partial charge in [0, 0.05) is 17.8 Å². The van der Waals surface area contributed by atoms with Crippen LogP contribution in [0.15, 0.2) is 41.0 Å². The third-order valence-corrected chi connectivity index (χ3v) is 2.39. The minimum absolute atomic E-state index is 0.110. The zero-order chi connectivity index (χ0) is 13.8. The van der Waals surface area contributed by atoms with Gasteiger partial charge in [0.2, 0.25) is 0 Å². The third-order valence-electron chi connectivity index (χ3n) is 2.39. The minimum Gasteiger partial charge on any atom is -0.508 e. The fourth-order valence-electron chi connectivity index (χ4n) is 1.15. The molecular formula is C13H16N4O. The fourth-order valence-corrected chi connectivity index (χ4v) is 1.15. The molecule has 0 bridgehead atoms. The first-order chi connectivity index (χ1) is 8.35. The summed E-state index contributed by atoms with van der Waals surface area (Å²) in [6.45, 7) is 3.39. The molecule has 1 aromatic carbocycles. The second kappa shape index (κ2) is 5.23. The zero-order valence-corrected chi connectivity index (χ0v) is 10.4. The van der Waals surface area contributed by atoms with Crippen LogP contribution in [0.2, 0.25) is 0 Å². The summed E-state index contributed by atoms with van der Waals surface area (Å²) >= 11 is 0. The molecule has 94 valence electrons. The summed E-state index contributed by atoms with van der Waals surface area (Å²) in [6.07, 6.45) is 1.45. The summed E-state index contributed by atoms with van der Waals surface area (Å²) in [4.78, 5) is 4.08. The Balaban J connectivity index is 2.99. The van der Waals surface area contributed by atoms with Gasteiger partial charge in [-0.15, -0.1) is 0 Å². The maximum Gasteiger partial charge on any atom is 0.125 e. The van der Waals surface area contributed by atoms with Crippen LogP contribution in [-0.4, -0.2) is 10.9 Å². The molecule has 0 saturated carbocycles. The van der Waals surface area contributed by atoms with Crippen LogP contribution in [-0.2, 0) is 0 Å². The van der Waals surface area contributed by atoms with Crippen molar-refractivity contribution >= 4 is 11.5 Å². The molecule has 0 aliphatic heterocycles. The Morgan fingerprint density at radius 3 is 2.67 bits per heavy atom. The highest BCUT2D eigenvalue weighted by atomic mass is 16.3. The molecule has 0 saturated heterocycles. The fraction of sp³-hybridized carbons (Fsp3) is 0.231. The van der Waals surface area contributed by atoms with Crippen LogP contribution >= 0.6 is 0 Å². The molecule has 1 rings (SSSR count). The Labute approximate surface area is 106 Å². The number of rotatable bonds is 3. The van der Waals surface area contributed by atoms with Gasteiger partial charge in [-0.25, -0.2) is 4.99 Å². The standard InChI is InChI=1S/C13H16N4O/c1-13(2,8-14)11(15)7-12(16)17-9-4-3-5-10(18)6-9/h3-7,18H,15H2,1-2H3,(H2,16,17). The average molecular weight is 244 g/mol.